The number of nitrogens with one attached hydrogen (secondary N) is 3. The quantitative estimate of drug-likeness (QED) is 0.319. The van der Waals surface area contributed by atoms with E-state index >= 15 is 0 Å². The van der Waals surface area contributed by atoms with Crippen molar-refractivity contribution in [3.05, 3.63) is 0 Å². The summed E-state index contributed by atoms with van der Waals surface area (Å²) in [7, 11) is 0. The van der Waals surface area contributed by atoms with Crippen LogP contribution in [0.4, 0.5) is 0 Å². The molecule has 3 aliphatic heterocycles. The monoisotopic (exact) mass is 440 g/mol. The van der Waals surface area contributed by atoms with Crippen LogP contribution in [0.3, 0.4) is 0 Å². The number of aliphatic hydroxyl groups is 3. The maximum atomic E-state index is 13.9. The first kappa shape index (κ1) is 24.9. The van der Waals surface area contributed by atoms with Gasteiger partial charge in [-0.05, 0) is 77.8 Å². The summed E-state index contributed by atoms with van der Waals surface area (Å²) in [5.41, 5.74) is 2.36. The molecule has 6 atom stereocenters. The van der Waals surface area contributed by atoms with Crippen molar-refractivity contribution in [2.45, 2.75) is 77.6 Å². The molecule has 0 aromatic rings. The van der Waals surface area contributed by atoms with Crippen molar-refractivity contribution >= 4 is 5.91 Å². The molecule has 31 heavy (non-hydrogen) atoms. The molecule has 0 aromatic heterocycles. The molecule has 3 heterocycles. The Hall–Kier alpha value is -0.770. The van der Waals surface area contributed by atoms with Crippen LogP contribution in [-0.2, 0) is 4.79 Å². The van der Waals surface area contributed by atoms with Crippen LogP contribution in [0.25, 0.3) is 0 Å². The van der Waals surface area contributed by atoms with Gasteiger partial charge in [0.2, 0.25) is 5.91 Å². The fourth-order valence-electron chi connectivity index (χ4n) is 7.70. The fraction of sp³-hybridized carbons (Fsp3) is 0.957. The molecule has 180 valence electrons. The molecular weight excluding hydrogens is 396 g/mol. The highest BCUT2D eigenvalue weighted by molar-refractivity contribution is 5.84. The third kappa shape index (κ3) is 3.63. The smallest absolute Gasteiger partial charge is 0.225 e. The number of nitrogens with two attached hydrogens (primary N) is 1. The van der Waals surface area contributed by atoms with E-state index in [4.69, 9.17) is 5.73 Å². The molecule has 0 radical (unpaired) electrons. The Morgan fingerprint density at radius 2 is 1.00 bits per heavy atom. The Balaban J connectivity index is 2.36. The molecule has 0 aromatic carbocycles. The molecule has 6 unspecified atom stereocenters. The van der Waals surface area contributed by atoms with E-state index < -0.39 is 45.9 Å². The van der Waals surface area contributed by atoms with Crippen LogP contribution in [0.15, 0.2) is 0 Å². The van der Waals surface area contributed by atoms with Gasteiger partial charge in [0.05, 0.1) is 23.7 Å². The van der Waals surface area contributed by atoms with E-state index in [9.17, 15) is 20.1 Å². The second-order valence-electron chi connectivity index (χ2n) is 10.8. The fourth-order valence-corrected chi connectivity index (χ4v) is 7.70. The van der Waals surface area contributed by atoms with Crippen LogP contribution in [-0.4, -0.2) is 78.8 Å². The molecule has 1 amide bonds. The Morgan fingerprint density at radius 1 is 0.710 bits per heavy atom. The summed E-state index contributed by atoms with van der Waals surface area (Å²) in [6, 6.07) is 0. The van der Waals surface area contributed by atoms with Crippen molar-refractivity contribution in [2.24, 2.45) is 27.4 Å². The normalized spacial score (nSPS) is 45.0. The summed E-state index contributed by atoms with van der Waals surface area (Å²) in [5, 5.41) is 44.7. The molecule has 3 rings (SSSR count). The molecule has 8 heteroatoms. The van der Waals surface area contributed by atoms with Gasteiger partial charge in [-0.1, -0.05) is 20.8 Å². The van der Waals surface area contributed by atoms with Crippen LogP contribution < -0.4 is 21.7 Å². The van der Waals surface area contributed by atoms with E-state index in [1.807, 2.05) is 20.8 Å². The minimum Gasteiger partial charge on any atom is -0.392 e. The van der Waals surface area contributed by atoms with Crippen molar-refractivity contribution in [1.82, 2.24) is 16.0 Å². The van der Waals surface area contributed by atoms with Gasteiger partial charge in [-0.3, -0.25) is 4.79 Å². The standard InChI is InChI=1S/C23H44N4O4/c1-20(7-13-25-10-4-16(20)28)23(19(24)31,21(2)8-14-26-11-5-17(21)29)22(3)9-15-27-12-6-18(22)30/h16-18,25-30H,4-15H2,1-3H3,(H2,24,31). The molecule has 0 saturated carbocycles. The second kappa shape index (κ2) is 9.23. The van der Waals surface area contributed by atoms with E-state index in [1.165, 1.54) is 0 Å². The summed E-state index contributed by atoms with van der Waals surface area (Å²) in [4.78, 5) is 13.9. The zero-order chi connectivity index (χ0) is 22.9. The zero-order valence-corrected chi connectivity index (χ0v) is 19.5. The molecule has 3 saturated heterocycles. The highest BCUT2D eigenvalue weighted by Gasteiger charge is 2.74. The Bertz CT molecular complexity index is 575. The number of aliphatic hydroxyl groups excluding tert-OH is 3. The van der Waals surface area contributed by atoms with Crippen molar-refractivity contribution in [3.63, 3.8) is 0 Å². The highest BCUT2D eigenvalue weighted by Crippen LogP contribution is 2.69. The van der Waals surface area contributed by atoms with Crippen LogP contribution in [0.2, 0.25) is 0 Å². The first-order chi connectivity index (χ1) is 14.6. The average molecular weight is 441 g/mol. The van der Waals surface area contributed by atoms with Gasteiger partial charge in [0.1, 0.15) is 0 Å². The topological polar surface area (TPSA) is 140 Å². The lowest BCUT2D eigenvalue weighted by Gasteiger charge is -2.67. The van der Waals surface area contributed by atoms with Gasteiger partial charge in [-0.25, -0.2) is 0 Å². The van der Waals surface area contributed by atoms with Gasteiger partial charge in [-0.15, -0.1) is 0 Å². The van der Waals surface area contributed by atoms with Crippen LogP contribution in [0.1, 0.15) is 59.3 Å². The number of hydrogen-bond donors (Lipinski definition) is 7. The predicted octanol–water partition coefficient (Wildman–Crippen LogP) is -0.290. The lowest BCUT2D eigenvalue weighted by molar-refractivity contribution is -0.246. The molecular formula is C23H44N4O4. The first-order valence-corrected chi connectivity index (χ1v) is 12.0. The number of primary amides is 1. The first-order valence-electron chi connectivity index (χ1n) is 12.0. The number of carbonyl (C=O) groups is 1. The minimum atomic E-state index is -1.32. The molecule has 3 fully saturated rings. The number of rotatable bonds is 4. The summed E-state index contributed by atoms with van der Waals surface area (Å²) in [5.74, 6) is -0.511. The number of carbonyl (C=O) groups excluding carboxylic acids is 1. The Morgan fingerprint density at radius 3 is 1.26 bits per heavy atom. The number of hydrogen-bond acceptors (Lipinski definition) is 7. The van der Waals surface area contributed by atoms with Gasteiger partial charge in [0, 0.05) is 16.2 Å². The Labute approximate surface area is 186 Å². The van der Waals surface area contributed by atoms with Gasteiger partial charge >= 0.3 is 0 Å². The van der Waals surface area contributed by atoms with Crippen LogP contribution in [0.5, 0.6) is 0 Å². The van der Waals surface area contributed by atoms with Gasteiger partial charge in [-0.2, -0.15) is 0 Å². The van der Waals surface area contributed by atoms with E-state index in [1.54, 1.807) is 0 Å². The summed E-state index contributed by atoms with van der Waals surface area (Å²) < 4.78 is 0. The molecule has 3 aliphatic rings. The average Bonchev–Trinajstić information content (AvgIpc) is 3.06. The highest BCUT2D eigenvalue weighted by atomic mass is 16.3. The largest absolute Gasteiger partial charge is 0.392 e. The lowest BCUT2D eigenvalue weighted by atomic mass is 9.36. The third-order valence-corrected chi connectivity index (χ3v) is 9.39. The van der Waals surface area contributed by atoms with Crippen LogP contribution in [0, 0.1) is 21.7 Å². The van der Waals surface area contributed by atoms with Gasteiger partial charge in [0.25, 0.3) is 0 Å². The minimum absolute atomic E-state index is 0.500. The molecule has 0 aliphatic carbocycles. The van der Waals surface area contributed by atoms with Crippen molar-refractivity contribution in [2.75, 3.05) is 39.3 Å². The molecule has 8 nitrogen and oxygen atoms in total. The maximum absolute atomic E-state index is 13.9. The molecule has 0 bridgehead atoms. The number of amides is 1. The van der Waals surface area contributed by atoms with Crippen molar-refractivity contribution < 1.29 is 20.1 Å². The van der Waals surface area contributed by atoms with E-state index in [0.717, 1.165) is 0 Å². The molecule has 8 N–H and O–H groups in total. The predicted molar refractivity (Wildman–Crippen MR) is 120 cm³/mol. The SMILES string of the molecule is CC1(C(C(N)=O)(C2(C)CCNCCC2O)C2(C)CCNCCC2O)CCNCCC1O. The summed E-state index contributed by atoms with van der Waals surface area (Å²) in [6.45, 7) is 9.85. The summed E-state index contributed by atoms with van der Waals surface area (Å²) in [6.07, 6.45) is 0.788. The van der Waals surface area contributed by atoms with E-state index in [0.29, 0.717) is 77.8 Å². The second-order valence-corrected chi connectivity index (χ2v) is 10.8. The van der Waals surface area contributed by atoms with Crippen molar-refractivity contribution in [1.29, 1.82) is 0 Å². The third-order valence-electron chi connectivity index (χ3n) is 9.39. The Kier molecular flexibility index (Phi) is 7.41. The van der Waals surface area contributed by atoms with E-state index in [-0.39, 0.29) is 0 Å². The van der Waals surface area contributed by atoms with Crippen LogP contribution >= 0.6 is 0 Å². The molecule has 0 spiro atoms. The van der Waals surface area contributed by atoms with Gasteiger partial charge < -0.3 is 37.0 Å². The maximum Gasteiger partial charge on any atom is 0.225 e. The van der Waals surface area contributed by atoms with Crippen molar-refractivity contribution in [3.8, 4) is 0 Å². The van der Waals surface area contributed by atoms with Gasteiger partial charge in [0.15, 0.2) is 0 Å². The zero-order valence-electron chi connectivity index (χ0n) is 19.5. The summed E-state index contributed by atoms with van der Waals surface area (Å²) >= 11 is 0. The lowest BCUT2D eigenvalue weighted by Crippen LogP contribution is -2.73. The van der Waals surface area contributed by atoms with E-state index in [2.05, 4.69) is 16.0 Å².